The minimum absolute atomic E-state index is 0.118. The summed E-state index contributed by atoms with van der Waals surface area (Å²) in [5.74, 6) is 5.19. The van der Waals surface area contributed by atoms with Crippen LogP contribution in [0.4, 0.5) is 0 Å². The van der Waals surface area contributed by atoms with Gasteiger partial charge in [-0.2, -0.15) is 0 Å². The minimum atomic E-state index is -0.118. The monoisotopic (exact) mass is 428 g/mol. The van der Waals surface area contributed by atoms with Crippen LogP contribution in [-0.2, 0) is 4.79 Å². The molecule has 4 rings (SSSR count). The number of Topliss-reactive ketones (excluding diaryl/α,β-unsaturated/α-hetero) is 1. The fourth-order valence-corrected chi connectivity index (χ4v) is 8.95. The largest absolute Gasteiger partial charge is 0.393 e. The highest BCUT2D eigenvalue weighted by atomic mass is 16.3. The third-order valence-corrected chi connectivity index (χ3v) is 10.9. The van der Waals surface area contributed by atoms with Gasteiger partial charge in [-0.05, 0) is 104 Å². The maximum Gasteiger partial charge on any atom is 0.133 e. The first-order valence-corrected chi connectivity index (χ1v) is 13.5. The lowest BCUT2D eigenvalue weighted by Crippen LogP contribution is -2.50. The summed E-state index contributed by atoms with van der Waals surface area (Å²) in [5, 5.41) is 10.2. The Bertz CT molecular complexity index is 698. The van der Waals surface area contributed by atoms with Gasteiger partial charge in [-0.1, -0.05) is 53.2 Å². The summed E-state index contributed by atoms with van der Waals surface area (Å²) in [7, 11) is 0. The lowest BCUT2D eigenvalue weighted by atomic mass is 9.47. The fourth-order valence-electron chi connectivity index (χ4n) is 8.95. The van der Waals surface area contributed by atoms with E-state index in [-0.39, 0.29) is 6.10 Å². The minimum Gasteiger partial charge on any atom is -0.393 e. The van der Waals surface area contributed by atoms with E-state index >= 15 is 0 Å². The van der Waals surface area contributed by atoms with Gasteiger partial charge >= 0.3 is 0 Å². The first-order chi connectivity index (χ1) is 14.6. The molecule has 0 amide bonds. The zero-order chi connectivity index (χ0) is 22.6. The van der Waals surface area contributed by atoms with Crippen LogP contribution in [-0.4, -0.2) is 17.0 Å². The smallest absolute Gasteiger partial charge is 0.133 e. The van der Waals surface area contributed by atoms with Crippen molar-refractivity contribution in [2.45, 2.75) is 112 Å². The van der Waals surface area contributed by atoms with Crippen molar-refractivity contribution >= 4 is 5.78 Å². The number of carbonyl (C=O) groups excluding carboxylic acids is 1. The molecule has 0 radical (unpaired) electrons. The molecule has 0 aliphatic heterocycles. The predicted molar refractivity (Wildman–Crippen MR) is 129 cm³/mol. The molecular weight excluding hydrogens is 380 g/mol. The van der Waals surface area contributed by atoms with E-state index in [0.29, 0.717) is 40.3 Å². The van der Waals surface area contributed by atoms with Gasteiger partial charge in [0.15, 0.2) is 0 Å². The molecule has 2 nitrogen and oxygen atoms in total. The quantitative estimate of drug-likeness (QED) is 0.454. The molecule has 3 fully saturated rings. The third-order valence-electron chi connectivity index (χ3n) is 10.9. The molecule has 2 heteroatoms. The van der Waals surface area contributed by atoms with Crippen LogP contribution in [0.5, 0.6) is 0 Å². The predicted octanol–water partition coefficient (Wildman–Crippen LogP) is 7.20. The van der Waals surface area contributed by atoms with Crippen molar-refractivity contribution in [3.63, 3.8) is 0 Å². The standard InChI is InChI=1S/C29H48O2/c1-18(2)25(19(3)4)17-23(31)16-21-8-10-26-24-9-7-20-15-22(30)11-13-28(20,5)27(24)12-14-29(21,26)6/h7,18-19,21-22,24-27,30H,8-17H2,1-6H3. The van der Waals surface area contributed by atoms with Crippen LogP contribution >= 0.6 is 0 Å². The van der Waals surface area contributed by atoms with Gasteiger partial charge in [-0.3, -0.25) is 4.79 Å². The third kappa shape index (κ3) is 4.09. The number of rotatable bonds is 6. The van der Waals surface area contributed by atoms with Crippen molar-refractivity contribution < 1.29 is 9.90 Å². The fraction of sp³-hybridized carbons (Fsp3) is 0.897. The van der Waals surface area contributed by atoms with Crippen LogP contribution in [0.25, 0.3) is 0 Å². The Morgan fingerprint density at radius 2 is 1.74 bits per heavy atom. The van der Waals surface area contributed by atoms with E-state index in [0.717, 1.165) is 49.9 Å². The van der Waals surface area contributed by atoms with Crippen molar-refractivity contribution in [1.82, 2.24) is 0 Å². The molecule has 0 heterocycles. The number of hydrogen-bond acceptors (Lipinski definition) is 2. The Kier molecular flexibility index (Phi) is 6.54. The zero-order valence-electron chi connectivity index (χ0n) is 21.1. The Labute approximate surface area is 191 Å². The normalized spacial score (nSPS) is 42.4. The second-order valence-corrected chi connectivity index (χ2v) is 13.1. The molecule has 0 saturated heterocycles. The van der Waals surface area contributed by atoms with Gasteiger partial charge in [0, 0.05) is 12.8 Å². The zero-order valence-corrected chi connectivity index (χ0v) is 21.1. The van der Waals surface area contributed by atoms with Gasteiger partial charge in [-0.25, -0.2) is 0 Å². The van der Waals surface area contributed by atoms with E-state index in [1.54, 1.807) is 5.57 Å². The number of allylic oxidation sites excluding steroid dienone is 1. The average molecular weight is 429 g/mol. The molecule has 4 aliphatic rings. The SMILES string of the molecule is CC(C)C(CC(=O)CC1CCC2C3CC=C4CC(O)CCC4(C)C3CCC12C)C(C)C. The van der Waals surface area contributed by atoms with Crippen molar-refractivity contribution in [3.8, 4) is 0 Å². The molecule has 7 unspecified atom stereocenters. The van der Waals surface area contributed by atoms with Crippen LogP contribution in [0.2, 0.25) is 0 Å². The number of aliphatic hydroxyl groups is 1. The summed E-state index contributed by atoms with van der Waals surface area (Å²) >= 11 is 0. The summed E-state index contributed by atoms with van der Waals surface area (Å²) in [6, 6.07) is 0. The first-order valence-electron chi connectivity index (χ1n) is 13.5. The number of ketones is 1. The van der Waals surface area contributed by atoms with Crippen LogP contribution in [0.3, 0.4) is 0 Å². The van der Waals surface area contributed by atoms with Crippen LogP contribution in [0.1, 0.15) is 106 Å². The average Bonchev–Trinajstić information content (AvgIpc) is 3.02. The summed E-state index contributed by atoms with van der Waals surface area (Å²) in [5.41, 5.74) is 2.24. The van der Waals surface area contributed by atoms with Crippen LogP contribution in [0, 0.1) is 52.3 Å². The van der Waals surface area contributed by atoms with Crippen molar-refractivity contribution in [2.24, 2.45) is 52.3 Å². The Balaban J connectivity index is 1.47. The molecule has 0 aromatic heterocycles. The molecule has 3 saturated carbocycles. The van der Waals surface area contributed by atoms with Gasteiger partial charge < -0.3 is 5.11 Å². The summed E-state index contributed by atoms with van der Waals surface area (Å²) in [6.07, 6.45) is 13.5. The van der Waals surface area contributed by atoms with Gasteiger partial charge in [0.1, 0.15) is 5.78 Å². The van der Waals surface area contributed by atoms with E-state index in [1.807, 2.05) is 0 Å². The molecule has 31 heavy (non-hydrogen) atoms. The summed E-state index contributed by atoms with van der Waals surface area (Å²) in [6.45, 7) is 14.2. The topological polar surface area (TPSA) is 37.3 Å². The Morgan fingerprint density at radius 3 is 2.42 bits per heavy atom. The van der Waals surface area contributed by atoms with Crippen molar-refractivity contribution in [2.75, 3.05) is 0 Å². The van der Waals surface area contributed by atoms with Gasteiger partial charge in [-0.15, -0.1) is 0 Å². The van der Waals surface area contributed by atoms with Gasteiger partial charge in [0.2, 0.25) is 0 Å². The van der Waals surface area contributed by atoms with E-state index < -0.39 is 0 Å². The molecule has 7 atom stereocenters. The summed E-state index contributed by atoms with van der Waals surface area (Å²) < 4.78 is 0. The number of carbonyl (C=O) groups is 1. The highest BCUT2D eigenvalue weighted by Crippen LogP contribution is 2.66. The van der Waals surface area contributed by atoms with E-state index in [1.165, 1.54) is 32.1 Å². The molecular formula is C29H48O2. The number of hydrogen-bond donors (Lipinski definition) is 1. The molecule has 0 spiro atoms. The molecule has 0 bridgehead atoms. The van der Waals surface area contributed by atoms with Gasteiger partial charge in [0.25, 0.3) is 0 Å². The van der Waals surface area contributed by atoms with Crippen LogP contribution in [0.15, 0.2) is 11.6 Å². The highest BCUT2D eigenvalue weighted by molar-refractivity contribution is 5.79. The molecule has 4 aliphatic carbocycles. The summed E-state index contributed by atoms with van der Waals surface area (Å²) in [4.78, 5) is 13.2. The van der Waals surface area contributed by atoms with Crippen molar-refractivity contribution in [1.29, 1.82) is 0 Å². The first kappa shape index (κ1) is 23.5. The van der Waals surface area contributed by atoms with Crippen molar-refractivity contribution in [3.05, 3.63) is 11.6 Å². The highest BCUT2D eigenvalue weighted by Gasteiger charge is 2.58. The maximum absolute atomic E-state index is 13.2. The second kappa shape index (κ2) is 8.62. The van der Waals surface area contributed by atoms with E-state index in [2.05, 4.69) is 47.6 Å². The lowest BCUT2D eigenvalue weighted by molar-refractivity contribution is -0.123. The molecule has 0 aromatic rings. The van der Waals surface area contributed by atoms with Crippen LogP contribution < -0.4 is 0 Å². The number of fused-ring (bicyclic) bond motifs is 5. The maximum atomic E-state index is 13.2. The molecule has 0 aromatic carbocycles. The number of aliphatic hydroxyl groups excluding tert-OH is 1. The van der Waals surface area contributed by atoms with E-state index in [4.69, 9.17) is 0 Å². The Hall–Kier alpha value is -0.630. The van der Waals surface area contributed by atoms with E-state index in [9.17, 15) is 9.90 Å². The lowest BCUT2D eigenvalue weighted by Gasteiger charge is -2.58. The second-order valence-electron chi connectivity index (χ2n) is 13.1. The van der Waals surface area contributed by atoms with Gasteiger partial charge in [0.05, 0.1) is 6.10 Å². The molecule has 1 N–H and O–H groups in total. The Morgan fingerprint density at radius 1 is 1.03 bits per heavy atom. The molecule has 176 valence electrons.